The first-order valence-electron chi connectivity index (χ1n) is 13.8. The van der Waals surface area contributed by atoms with E-state index >= 15 is 0 Å². The minimum Gasteiger partial charge on any atom is -0.462 e. The van der Waals surface area contributed by atoms with E-state index in [4.69, 9.17) is 10.5 Å². The van der Waals surface area contributed by atoms with Gasteiger partial charge in [0.1, 0.15) is 12.1 Å². The van der Waals surface area contributed by atoms with Crippen molar-refractivity contribution in [3.63, 3.8) is 0 Å². The summed E-state index contributed by atoms with van der Waals surface area (Å²) in [6, 6.07) is -1.12. The number of carbonyl (C=O) groups is 3. The van der Waals surface area contributed by atoms with Crippen molar-refractivity contribution < 1.29 is 24.2 Å². The normalized spacial score (nSPS) is 12.8. The molecule has 0 radical (unpaired) electrons. The van der Waals surface area contributed by atoms with E-state index in [1.165, 1.54) is 64.2 Å². The minimum absolute atomic E-state index is 0.0243. The molecule has 2 amide bonds. The molecule has 0 saturated heterocycles. The van der Waals surface area contributed by atoms with E-state index in [1.54, 1.807) is 0 Å². The third kappa shape index (κ3) is 19.8. The summed E-state index contributed by atoms with van der Waals surface area (Å²) >= 11 is 0. The number of hydrogen-bond acceptors (Lipinski definition) is 5. The number of carbonyl (C=O) groups excluding carboxylic acids is 3. The van der Waals surface area contributed by atoms with Crippen LogP contribution in [0, 0.1) is 0 Å². The van der Waals surface area contributed by atoms with Gasteiger partial charge in [0.2, 0.25) is 11.8 Å². The largest absolute Gasteiger partial charge is 0.462 e. The molecule has 0 aliphatic carbocycles. The molecule has 0 aromatic rings. The zero-order valence-corrected chi connectivity index (χ0v) is 22.0. The van der Waals surface area contributed by atoms with Gasteiger partial charge in [-0.2, -0.15) is 0 Å². The second-order valence-corrected chi connectivity index (χ2v) is 9.51. The van der Waals surface area contributed by atoms with Crippen LogP contribution in [0.25, 0.3) is 0 Å². The predicted molar refractivity (Wildman–Crippen MR) is 137 cm³/mol. The van der Waals surface area contributed by atoms with Crippen molar-refractivity contribution in [3.05, 3.63) is 0 Å². The average Bonchev–Trinajstić information content (AvgIpc) is 2.80. The molecular formula is C27H52N2O5. The van der Waals surface area contributed by atoms with E-state index in [-0.39, 0.29) is 12.4 Å². The van der Waals surface area contributed by atoms with Crippen molar-refractivity contribution in [1.29, 1.82) is 0 Å². The van der Waals surface area contributed by atoms with Gasteiger partial charge in [-0.15, -0.1) is 0 Å². The van der Waals surface area contributed by atoms with Crippen LogP contribution < -0.4 is 11.1 Å². The van der Waals surface area contributed by atoms with Gasteiger partial charge in [-0.25, -0.2) is 0 Å². The number of rotatable bonds is 24. The fraction of sp³-hybridized carbons (Fsp3) is 0.889. The van der Waals surface area contributed by atoms with Gasteiger partial charge in [-0.1, -0.05) is 104 Å². The lowest BCUT2D eigenvalue weighted by atomic mass is 10.0. The van der Waals surface area contributed by atoms with Crippen LogP contribution in [0.3, 0.4) is 0 Å². The van der Waals surface area contributed by atoms with Gasteiger partial charge >= 0.3 is 5.97 Å². The number of nitrogens with one attached hydrogen (secondary N) is 1. The van der Waals surface area contributed by atoms with Crippen molar-refractivity contribution in [2.75, 3.05) is 6.61 Å². The summed E-state index contributed by atoms with van der Waals surface area (Å²) in [4.78, 5) is 36.0. The molecule has 34 heavy (non-hydrogen) atoms. The molecule has 0 heterocycles. The Morgan fingerprint density at radius 2 is 1.24 bits per heavy atom. The Bertz CT molecular complexity index is 527. The highest BCUT2D eigenvalue weighted by molar-refractivity contribution is 5.86. The molecule has 0 aromatic heterocycles. The van der Waals surface area contributed by atoms with Gasteiger partial charge < -0.3 is 20.9 Å². The highest BCUT2D eigenvalue weighted by Crippen LogP contribution is 2.16. The van der Waals surface area contributed by atoms with E-state index < -0.39 is 30.6 Å². The zero-order chi connectivity index (χ0) is 25.4. The maximum absolute atomic E-state index is 12.3. The standard InChI is InChI=1S/C27H52N2O5/c1-3-5-7-9-11-12-14-15-17-19-23(21-25(31)29-24(22-30)27(28)33)34-26(32)20-18-16-13-10-8-6-4-2/h23-24,30H,3-22H2,1-2H3,(H2,28,33)(H,29,31)/t23-,24+/m1/s1. The molecule has 0 fully saturated rings. The Kier molecular flexibility index (Phi) is 22.0. The van der Waals surface area contributed by atoms with E-state index in [0.29, 0.717) is 12.8 Å². The second kappa shape index (κ2) is 23.1. The lowest BCUT2D eigenvalue weighted by Gasteiger charge is -2.19. The SMILES string of the molecule is CCCCCCCCCCC[C@H](CC(=O)N[C@@H](CO)C(N)=O)OC(=O)CCCCCCCCC. The first-order chi connectivity index (χ1) is 16.4. The Hall–Kier alpha value is -1.63. The van der Waals surface area contributed by atoms with Gasteiger partial charge in [-0.05, 0) is 19.3 Å². The molecule has 0 saturated carbocycles. The van der Waals surface area contributed by atoms with Crippen LogP contribution >= 0.6 is 0 Å². The van der Waals surface area contributed by atoms with E-state index in [0.717, 1.165) is 38.5 Å². The molecule has 7 nitrogen and oxygen atoms in total. The highest BCUT2D eigenvalue weighted by Gasteiger charge is 2.22. The van der Waals surface area contributed by atoms with Crippen LogP contribution in [-0.2, 0) is 19.1 Å². The van der Waals surface area contributed by atoms with Crippen molar-refractivity contribution in [2.45, 2.75) is 148 Å². The average molecular weight is 485 g/mol. The summed E-state index contributed by atoms with van der Waals surface area (Å²) in [6.07, 6.45) is 19.0. The molecule has 0 bridgehead atoms. The number of unbranched alkanes of at least 4 members (excludes halogenated alkanes) is 14. The summed E-state index contributed by atoms with van der Waals surface area (Å²) in [5, 5.41) is 11.6. The molecule has 0 aliphatic rings. The van der Waals surface area contributed by atoms with E-state index in [9.17, 15) is 19.5 Å². The topological polar surface area (TPSA) is 119 Å². The molecule has 0 aromatic carbocycles. The number of primary amides is 1. The molecule has 200 valence electrons. The predicted octanol–water partition coefficient (Wildman–Crippen LogP) is 5.31. The Morgan fingerprint density at radius 1 is 0.765 bits per heavy atom. The monoisotopic (exact) mass is 484 g/mol. The number of aliphatic hydroxyl groups excluding tert-OH is 1. The smallest absolute Gasteiger partial charge is 0.306 e. The van der Waals surface area contributed by atoms with Crippen molar-refractivity contribution in [3.8, 4) is 0 Å². The third-order valence-corrected chi connectivity index (χ3v) is 6.19. The molecule has 0 unspecified atom stereocenters. The fourth-order valence-corrected chi connectivity index (χ4v) is 4.02. The summed E-state index contributed by atoms with van der Waals surface area (Å²) in [6.45, 7) is 3.86. The molecule has 0 aliphatic heterocycles. The Morgan fingerprint density at radius 3 is 1.71 bits per heavy atom. The minimum atomic E-state index is -1.12. The lowest BCUT2D eigenvalue weighted by Crippen LogP contribution is -2.47. The van der Waals surface area contributed by atoms with Crippen LogP contribution in [0.15, 0.2) is 0 Å². The molecule has 0 rings (SSSR count). The molecule has 2 atom stereocenters. The van der Waals surface area contributed by atoms with E-state index in [1.807, 2.05) is 0 Å². The van der Waals surface area contributed by atoms with Crippen LogP contribution in [0.5, 0.6) is 0 Å². The van der Waals surface area contributed by atoms with Gasteiger partial charge in [0.15, 0.2) is 0 Å². The number of nitrogens with two attached hydrogens (primary N) is 1. The summed E-state index contributed by atoms with van der Waals surface area (Å²) < 4.78 is 5.64. The van der Waals surface area contributed by atoms with Crippen molar-refractivity contribution >= 4 is 17.8 Å². The maximum atomic E-state index is 12.3. The highest BCUT2D eigenvalue weighted by atomic mass is 16.5. The second-order valence-electron chi connectivity index (χ2n) is 9.51. The van der Waals surface area contributed by atoms with Gasteiger partial charge in [0.05, 0.1) is 13.0 Å². The third-order valence-electron chi connectivity index (χ3n) is 6.19. The van der Waals surface area contributed by atoms with Gasteiger partial charge in [0.25, 0.3) is 0 Å². The Labute approximate surface area is 208 Å². The van der Waals surface area contributed by atoms with E-state index in [2.05, 4.69) is 19.2 Å². The van der Waals surface area contributed by atoms with Crippen LogP contribution in [0.4, 0.5) is 0 Å². The summed E-state index contributed by atoms with van der Waals surface area (Å²) in [5.41, 5.74) is 5.18. The summed E-state index contributed by atoms with van der Waals surface area (Å²) in [7, 11) is 0. The number of amides is 2. The number of esters is 1. The molecule has 7 heteroatoms. The fourth-order valence-electron chi connectivity index (χ4n) is 4.02. The molecule has 0 spiro atoms. The summed E-state index contributed by atoms with van der Waals surface area (Å²) in [5.74, 6) is -1.50. The Balaban J connectivity index is 4.39. The molecular weight excluding hydrogens is 432 g/mol. The van der Waals surface area contributed by atoms with Crippen LogP contribution in [0.1, 0.15) is 136 Å². The van der Waals surface area contributed by atoms with Gasteiger partial charge in [-0.3, -0.25) is 14.4 Å². The van der Waals surface area contributed by atoms with Crippen molar-refractivity contribution in [2.24, 2.45) is 5.73 Å². The van der Waals surface area contributed by atoms with Crippen molar-refractivity contribution in [1.82, 2.24) is 5.32 Å². The number of hydrogen-bond donors (Lipinski definition) is 3. The maximum Gasteiger partial charge on any atom is 0.306 e. The van der Waals surface area contributed by atoms with Crippen LogP contribution in [0.2, 0.25) is 0 Å². The molecule has 4 N–H and O–H groups in total. The first-order valence-corrected chi connectivity index (χ1v) is 13.8. The quantitative estimate of drug-likeness (QED) is 0.127. The lowest BCUT2D eigenvalue weighted by molar-refractivity contribution is -0.151. The van der Waals surface area contributed by atoms with Crippen LogP contribution in [-0.4, -0.2) is 41.6 Å². The van der Waals surface area contributed by atoms with Gasteiger partial charge in [0, 0.05) is 6.42 Å². The number of ether oxygens (including phenoxy) is 1. The number of aliphatic hydroxyl groups is 1. The zero-order valence-electron chi connectivity index (χ0n) is 22.0. The first kappa shape index (κ1) is 32.4.